The highest BCUT2D eigenvalue weighted by atomic mass is 16.3. The Labute approximate surface area is 251 Å². The van der Waals surface area contributed by atoms with Crippen LogP contribution in [-0.4, -0.2) is 24.5 Å². The van der Waals surface area contributed by atoms with Gasteiger partial charge in [-0.05, 0) is 36.4 Å². The first-order valence-electron chi connectivity index (χ1n) is 14.5. The van der Waals surface area contributed by atoms with E-state index in [-0.39, 0.29) is 0 Å². The number of fused-ring (bicyclic) bond motifs is 6. The molecule has 0 aliphatic heterocycles. The molecule has 206 valence electrons. The molecule has 0 N–H and O–H groups in total. The predicted molar refractivity (Wildman–Crippen MR) is 176 cm³/mol. The molecule has 5 aromatic carbocycles. The van der Waals surface area contributed by atoms with Gasteiger partial charge >= 0.3 is 0 Å². The van der Waals surface area contributed by atoms with Crippen molar-refractivity contribution in [1.29, 1.82) is 0 Å². The first-order valence-corrected chi connectivity index (χ1v) is 14.5. The third-order valence-corrected chi connectivity index (χ3v) is 8.13. The van der Waals surface area contributed by atoms with Crippen LogP contribution in [0.1, 0.15) is 0 Å². The summed E-state index contributed by atoms with van der Waals surface area (Å²) in [6.07, 6.45) is 3.58. The van der Waals surface area contributed by atoms with E-state index in [0.29, 0.717) is 17.5 Å². The average molecular weight is 566 g/mol. The molecule has 0 bridgehead atoms. The lowest BCUT2D eigenvalue weighted by atomic mass is 10.1. The van der Waals surface area contributed by atoms with Gasteiger partial charge in [0.1, 0.15) is 5.58 Å². The summed E-state index contributed by atoms with van der Waals surface area (Å²) in [6, 6.07) is 43.4. The van der Waals surface area contributed by atoms with Gasteiger partial charge in [0.05, 0.1) is 17.2 Å². The molecule has 0 atom stereocenters. The molecule has 0 spiro atoms. The van der Waals surface area contributed by atoms with Crippen LogP contribution in [0.3, 0.4) is 0 Å². The van der Waals surface area contributed by atoms with Gasteiger partial charge in [-0.1, -0.05) is 91.0 Å². The number of para-hydroxylation sites is 1. The third-order valence-electron chi connectivity index (χ3n) is 8.13. The predicted octanol–water partition coefficient (Wildman–Crippen LogP) is 9.26. The first kappa shape index (κ1) is 24.5. The Morgan fingerprint density at radius 1 is 0.455 bits per heavy atom. The topological polar surface area (TPSA) is 69.6 Å². The number of hydrogen-bond donors (Lipinski definition) is 0. The van der Waals surface area contributed by atoms with Crippen LogP contribution in [0.15, 0.2) is 144 Å². The molecule has 0 aliphatic rings. The van der Waals surface area contributed by atoms with Gasteiger partial charge in [0.2, 0.25) is 0 Å². The first-order chi connectivity index (χ1) is 21.8. The molecule has 6 heteroatoms. The summed E-state index contributed by atoms with van der Waals surface area (Å²) < 4.78 is 8.51. The largest absolute Gasteiger partial charge is 0.454 e. The maximum atomic E-state index is 6.20. The van der Waals surface area contributed by atoms with Crippen LogP contribution in [0.5, 0.6) is 0 Å². The highest BCUT2D eigenvalue weighted by molar-refractivity contribution is 6.17. The molecule has 0 aliphatic carbocycles. The summed E-state index contributed by atoms with van der Waals surface area (Å²) >= 11 is 0. The summed E-state index contributed by atoms with van der Waals surface area (Å²) in [5.74, 6) is 1.90. The van der Waals surface area contributed by atoms with E-state index in [1.807, 2.05) is 72.9 Å². The number of aromatic nitrogens is 5. The second-order valence-electron chi connectivity index (χ2n) is 10.8. The standard InChI is InChI=1S/C38H23N5O/c1-3-10-24(11-4-1)36-40-37(25-12-5-2-6-13-25)42-38(41-36)26-14-9-15-27(20-26)43-32-17-8-7-16-28(32)30-22-34-31(21-33(30)43)29-18-19-39-23-35(29)44-34/h1-23H. The lowest BCUT2D eigenvalue weighted by Gasteiger charge is -2.11. The summed E-state index contributed by atoms with van der Waals surface area (Å²) in [5, 5.41) is 4.40. The zero-order valence-corrected chi connectivity index (χ0v) is 23.4. The van der Waals surface area contributed by atoms with Crippen molar-refractivity contribution in [2.75, 3.05) is 0 Å². The van der Waals surface area contributed by atoms with Crippen molar-refractivity contribution in [2.45, 2.75) is 0 Å². The van der Waals surface area contributed by atoms with E-state index in [1.54, 1.807) is 6.20 Å². The van der Waals surface area contributed by atoms with Crippen LogP contribution in [0.2, 0.25) is 0 Å². The molecule has 0 unspecified atom stereocenters. The number of rotatable bonds is 4. The van der Waals surface area contributed by atoms with Gasteiger partial charge in [-0.25, -0.2) is 15.0 Å². The smallest absolute Gasteiger partial charge is 0.164 e. The van der Waals surface area contributed by atoms with Crippen molar-refractivity contribution < 1.29 is 4.42 Å². The van der Waals surface area contributed by atoms with Crippen molar-refractivity contribution >= 4 is 43.7 Å². The lowest BCUT2D eigenvalue weighted by molar-refractivity contribution is 0.667. The van der Waals surface area contributed by atoms with Crippen LogP contribution in [0.4, 0.5) is 0 Å². The minimum atomic E-state index is 0.621. The second kappa shape index (κ2) is 9.71. The Kier molecular flexibility index (Phi) is 5.40. The van der Waals surface area contributed by atoms with Gasteiger partial charge in [-0.2, -0.15) is 0 Å². The van der Waals surface area contributed by atoms with Crippen LogP contribution in [0.25, 0.3) is 83.6 Å². The lowest BCUT2D eigenvalue weighted by Crippen LogP contribution is -2.01. The van der Waals surface area contributed by atoms with Crippen molar-refractivity contribution in [2.24, 2.45) is 0 Å². The number of benzene rings is 5. The summed E-state index contributed by atoms with van der Waals surface area (Å²) in [7, 11) is 0. The fourth-order valence-corrected chi connectivity index (χ4v) is 6.09. The molecular weight excluding hydrogens is 542 g/mol. The molecular formula is C38H23N5O. The van der Waals surface area contributed by atoms with E-state index in [1.165, 1.54) is 0 Å². The zero-order chi connectivity index (χ0) is 29.0. The fraction of sp³-hybridized carbons (Fsp3) is 0. The molecule has 0 fully saturated rings. The van der Waals surface area contributed by atoms with E-state index in [2.05, 4.69) is 70.2 Å². The van der Waals surface area contributed by atoms with Gasteiger partial charge in [-0.3, -0.25) is 4.98 Å². The average Bonchev–Trinajstić information content (AvgIpc) is 3.62. The maximum Gasteiger partial charge on any atom is 0.164 e. The van der Waals surface area contributed by atoms with Crippen molar-refractivity contribution in [3.05, 3.63) is 140 Å². The quantitative estimate of drug-likeness (QED) is 0.213. The van der Waals surface area contributed by atoms with Gasteiger partial charge in [0.15, 0.2) is 23.1 Å². The minimum absolute atomic E-state index is 0.621. The van der Waals surface area contributed by atoms with Gasteiger partial charge in [0, 0.05) is 50.1 Å². The van der Waals surface area contributed by atoms with E-state index in [9.17, 15) is 0 Å². The molecule has 6 nitrogen and oxygen atoms in total. The Bertz CT molecular complexity index is 2440. The Morgan fingerprint density at radius 2 is 1.11 bits per heavy atom. The SMILES string of the molecule is c1ccc(-c2nc(-c3ccccc3)nc(-c3cccc(-n4c5ccccc5c5cc6oc7cnccc7c6cc54)c3)n2)cc1. The Hall–Kier alpha value is -6.14. The summed E-state index contributed by atoms with van der Waals surface area (Å²) in [4.78, 5) is 19.0. The van der Waals surface area contributed by atoms with Gasteiger partial charge < -0.3 is 8.98 Å². The highest BCUT2D eigenvalue weighted by Crippen LogP contribution is 2.38. The Morgan fingerprint density at radius 3 is 1.86 bits per heavy atom. The van der Waals surface area contributed by atoms with E-state index in [4.69, 9.17) is 19.4 Å². The number of nitrogens with zero attached hydrogens (tertiary/aromatic N) is 5. The molecule has 0 amide bonds. The Balaban J connectivity index is 1.27. The number of pyridine rings is 1. The van der Waals surface area contributed by atoms with Crippen molar-refractivity contribution in [3.8, 4) is 39.9 Å². The zero-order valence-electron chi connectivity index (χ0n) is 23.4. The van der Waals surface area contributed by atoms with Crippen molar-refractivity contribution in [1.82, 2.24) is 24.5 Å². The van der Waals surface area contributed by atoms with Crippen LogP contribution in [-0.2, 0) is 0 Å². The van der Waals surface area contributed by atoms with E-state index < -0.39 is 0 Å². The van der Waals surface area contributed by atoms with Crippen molar-refractivity contribution in [3.63, 3.8) is 0 Å². The fourth-order valence-electron chi connectivity index (χ4n) is 6.09. The monoisotopic (exact) mass is 565 g/mol. The highest BCUT2D eigenvalue weighted by Gasteiger charge is 2.18. The number of hydrogen-bond acceptors (Lipinski definition) is 5. The summed E-state index contributed by atoms with van der Waals surface area (Å²) in [5.41, 5.74) is 7.66. The van der Waals surface area contributed by atoms with E-state index >= 15 is 0 Å². The molecule has 4 heterocycles. The molecule has 9 aromatic rings. The second-order valence-corrected chi connectivity index (χ2v) is 10.8. The molecule has 0 radical (unpaired) electrons. The van der Waals surface area contributed by atoms with E-state index in [0.717, 1.165) is 66.1 Å². The molecule has 0 saturated heterocycles. The molecule has 9 rings (SSSR count). The third kappa shape index (κ3) is 3.89. The van der Waals surface area contributed by atoms with Crippen LogP contribution >= 0.6 is 0 Å². The summed E-state index contributed by atoms with van der Waals surface area (Å²) in [6.45, 7) is 0. The molecule has 44 heavy (non-hydrogen) atoms. The number of furan rings is 1. The maximum absolute atomic E-state index is 6.20. The van der Waals surface area contributed by atoms with Gasteiger partial charge in [0.25, 0.3) is 0 Å². The minimum Gasteiger partial charge on any atom is -0.454 e. The van der Waals surface area contributed by atoms with Crippen LogP contribution < -0.4 is 0 Å². The molecule has 4 aromatic heterocycles. The normalized spacial score (nSPS) is 11.6. The van der Waals surface area contributed by atoms with Gasteiger partial charge in [-0.15, -0.1) is 0 Å². The van der Waals surface area contributed by atoms with Crippen LogP contribution in [0, 0.1) is 0 Å². The molecule has 0 saturated carbocycles.